The molecule has 0 atom stereocenters. The molecular formula is C21H31N3. The zero-order valence-corrected chi connectivity index (χ0v) is 15.2. The van der Waals surface area contributed by atoms with E-state index in [4.69, 9.17) is 0 Å². The van der Waals surface area contributed by atoms with E-state index >= 15 is 0 Å². The minimum atomic E-state index is 0.831. The van der Waals surface area contributed by atoms with E-state index in [2.05, 4.69) is 52.9 Å². The van der Waals surface area contributed by atoms with Crippen molar-refractivity contribution < 1.29 is 0 Å². The topological polar surface area (TPSA) is 22.3 Å². The lowest BCUT2D eigenvalue weighted by atomic mass is 9.95. The van der Waals surface area contributed by atoms with Crippen molar-refractivity contribution in [3.63, 3.8) is 0 Å². The van der Waals surface area contributed by atoms with Crippen LogP contribution in [-0.4, -0.2) is 47.0 Å². The van der Waals surface area contributed by atoms with Gasteiger partial charge in [0.2, 0.25) is 0 Å². The number of nitrogens with zero attached hydrogens (tertiary/aromatic N) is 2. The normalized spacial score (nSPS) is 22.4. The maximum atomic E-state index is 3.64. The third-order valence-corrected chi connectivity index (χ3v) is 6.34. The Labute approximate surface area is 146 Å². The quantitative estimate of drug-likeness (QED) is 0.915. The smallest absolute Gasteiger partial charge is 0.0459 e. The fourth-order valence-corrected chi connectivity index (χ4v) is 4.56. The van der Waals surface area contributed by atoms with Crippen LogP contribution in [0.5, 0.6) is 0 Å². The Kier molecular flexibility index (Phi) is 4.64. The number of para-hydroxylation sites is 1. The minimum absolute atomic E-state index is 0.831. The number of likely N-dealkylation sites (tertiary alicyclic amines) is 2. The highest BCUT2D eigenvalue weighted by atomic mass is 15.2. The lowest BCUT2D eigenvalue weighted by molar-refractivity contribution is 0.0775. The van der Waals surface area contributed by atoms with Crippen LogP contribution in [-0.2, 0) is 6.54 Å². The van der Waals surface area contributed by atoms with Crippen molar-refractivity contribution in [2.45, 2.75) is 52.1 Å². The number of aromatic nitrogens is 1. The van der Waals surface area contributed by atoms with Crippen molar-refractivity contribution in [1.82, 2.24) is 14.8 Å². The van der Waals surface area contributed by atoms with Gasteiger partial charge in [-0.25, -0.2) is 0 Å². The monoisotopic (exact) mass is 325 g/mol. The van der Waals surface area contributed by atoms with E-state index in [0.717, 1.165) is 18.5 Å². The van der Waals surface area contributed by atoms with Crippen molar-refractivity contribution in [2.75, 3.05) is 26.2 Å². The summed E-state index contributed by atoms with van der Waals surface area (Å²) in [7, 11) is 0. The lowest BCUT2D eigenvalue weighted by Gasteiger charge is -2.41. The number of nitrogens with one attached hydrogen (secondary N) is 1. The summed E-state index contributed by atoms with van der Waals surface area (Å²) in [5.74, 6) is 0.936. The standard InChI is InChI=1S/C21H31N3/c1-16-7-13-24(14-8-16)18-9-11-23(12-10-18)15-21-17(2)19-5-3-4-6-20(19)22-21/h3-6,16,18,22H,7-15H2,1-2H3. The summed E-state index contributed by atoms with van der Waals surface area (Å²) in [6, 6.07) is 9.51. The molecule has 0 amide bonds. The molecule has 3 heteroatoms. The van der Waals surface area contributed by atoms with Gasteiger partial charge in [-0.3, -0.25) is 4.90 Å². The summed E-state index contributed by atoms with van der Waals surface area (Å²) in [6.45, 7) is 10.9. The molecule has 130 valence electrons. The van der Waals surface area contributed by atoms with Gasteiger partial charge in [-0.1, -0.05) is 25.1 Å². The van der Waals surface area contributed by atoms with Crippen LogP contribution in [0.1, 0.15) is 43.9 Å². The minimum Gasteiger partial charge on any atom is -0.357 e. The van der Waals surface area contributed by atoms with Crippen molar-refractivity contribution in [3.8, 4) is 0 Å². The summed E-state index contributed by atoms with van der Waals surface area (Å²) >= 11 is 0. The lowest BCUT2D eigenvalue weighted by Crippen LogP contribution is -2.47. The van der Waals surface area contributed by atoms with Gasteiger partial charge >= 0.3 is 0 Å². The van der Waals surface area contributed by atoms with E-state index in [0.29, 0.717) is 0 Å². The van der Waals surface area contributed by atoms with Gasteiger partial charge in [-0.05, 0) is 63.2 Å². The van der Waals surface area contributed by atoms with Gasteiger partial charge in [0, 0.05) is 42.3 Å². The van der Waals surface area contributed by atoms with E-state index < -0.39 is 0 Å². The first-order valence-electron chi connectivity index (χ1n) is 9.73. The molecule has 3 heterocycles. The molecule has 0 radical (unpaired) electrons. The van der Waals surface area contributed by atoms with Gasteiger partial charge in [0.25, 0.3) is 0 Å². The fraction of sp³-hybridized carbons (Fsp3) is 0.619. The van der Waals surface area contributed by atoms with Gasteiger partial charge in [-0.15, -0.1) is 0 Å². The molecule has 2 saturated heterocycles. The SMILES string of the molecule is Cc1c(CN2CCC(N3CCC(C)CC3)CC2)[nH]c2ccccc12. The zero-order chi connectivity index (χ0) is 16.5. The van der Waals surface area contributed by atoms with Gasteiger partial charge in [-0.2, -0.15) is 0 Å². The number of aryl methyl sites for hydroxylation is 1. The van der Waals surface area contributed by atoms with E-state index in [1.807, 2.05) is 0 Å². The van der Waals surface area contributed by atoms with E-state index in [1.165, 1.54) is 74.0 Å². The number of H-pyrrole nitrogens is 1. The number of piperidine rings is 2. The molecule has 1 N–H and O–H groups in total. The molecule has 2 aliphatic heterocycles. The van der Waals surface area contributed by atoms with Crippen LogP contribution in [0.4, 0.5) is 0 Å². The van der Waals surface area contributed by atoms with Gasteiger partial charge in [0.05, 0.1) is 0 Å². The van der Waals surface area contributed by atoms with Crippen LogP contribution >= 0.6 is 0 Å². The Hall–Kier alpha value is -1.32. The number of benzene rings is 1. The van der Waals surface area contributed by atoms with Crippen molar-refractivity contribution >= 4 is 10.9 Å². The maximum absolute atomic E-state index is 3.64. The van der Waals surface area contributed by atoms with Crippen LogP contribution in [0.25, 0.3) is 10.9 Å². The number of aromatic amines is 1. The van der Waals surface area contributed by atoms with Gasteiger partial charge < -0.3 is 9.88 Å². The molecule has 1 aromatic heterocycles. The summed E-state index contributed by atoms with van der Waals surface area (Å²) in [5.41, 5.74) is 4.11. The third-order valence-electron chi connectivity index (χ3n) is 6.34. The number of rotatable bonds is 3. The van der Waals surface area contributed by atoms with Gasteiger partial charge in [0.15, 0.2) is 0 Å². The largest absolute Gasteiger partial charge is 0.357 e. The molecule has 24 heavy (non-hydrogen) atoms. The predicted octanol–water partition coefficient (Wildman–Crippen LogP) is 4.17. The molecular weight excluding hydrogens is 294 g/mol. The Bertz CT molecular complexity index is 673. The Balaban J connectivity index is 1.35. The van der Waals surface area contributed by atoms with Crippen LogP contribution < -0.4 is 0 Å². The van der Waals surface area contributed by atoms with E-state index in [9.17, 15) is 0 Å². The average molecular weight is 326 g/mol. The fourth-order valence-electron chi connectivity index (χ4n) is 4.56. The summed E-state index contributed by atoms with van der Waals surface area (Å²) in [5, 5.41) is 1.38. The highest BCUT2D eigenvalue weighted by molar-refractivity contribution is 5.84. The van der Waals surface area contributed by atoms with Crippen LogP contribution in [0.3, 0.4) is 0 Å². The number of hydrogen-bond acceptors (Lipinski definition) is 2. The van der Waals surface area contributed by atoms with E-state index in [1.54, 1.807) is 0 Å². The highest BCUT2D eigenvalue weighted by Gasteiger charge is 2.27. The molecule has 0 aliphatic carbocycles. The average Bonchev–Trinajstić information content (AvgIpc) is 2.93. The molecule has 2 aromatic rings. The second-order valence-corrected chi connectivity index (χ2v) is 8.00. The predicted molar refractivity (Wildman–Crippen MR) is 101 cm³/mol. The molecule has 1 aromatic carbocycles. The van der Waals surface area contributed by atoms with Crippen LogP contribution in [0.2, 0.25) is 0 Å². The Morgan fingerprint density at radius 2 is 1.71 bits per heavy atom. The third kappa shape index (κ3) is 3.25. The molecule has 0 bridgehead atoms. The highest BCUT2D eigenvalue weighted by Crippen LogP contribution is 2.26. The Morgan fingerprint density at radius 1 is 1.00 bits per heavy atom. The number of hydrogen-bond donors (Lipinski definition) is 1. The van der Waals surface area contributed by atoms with Crippen LogP contribution in [0.15, 0.2) is 24.3 Å². The molecule has 0 spiro atoms. The van der Waals surface area contributed by atoms with Crippen LogP contribution in [0, 0.1) is 12.8 Å². The molecule has 4 rings (SSSR count). The van der Waals surface area contributed by atoms with E-state index in [-0.39, 0.29) is 0 Å². The molecule has 2 aliphatic rings. The maximum Gasteiger partial charge on any atom is 0.0459 e. The zero-order valence-electron chi connectivity index (χ0n) is 15.2. The van der Waals surface area contributed by atoms with Crippen molar-refractivity contribution in [1.29, 1.82) is 0 Å². The molecule has 2 fully saturated rings. The molecule has 0 unspecified atom stereocenters. The molecule has 3 nitrogen and oxygen atoms in total. The van der Waals surface area contributed by atoms with Crippen molar-refractivity contribution in [2.24, 2.45) is 5.92 Å². The summed E-state index contributed by atoms with van der Waals surface area (Å²) in [6.07, 6.45) is 5.48. The number of fused-ring (bicyclic) bond motifs is 1. The second-order valence-electron chi connectivity index (χ2n) is 8.00. The summed E-state index contributed by atoms with van der Waals surface area (Å²) in [4.78, 5) is 9.05. The van der Waals surface area contributed by atoms with Gasteiger partial charge in [0.1, 0.15) is 0 Å². The molecule has 0 saturated carbocycles. The second kappa shape index (κ2) is 6.89. The Morgan fingerprint density at radius 3 is 2.42 bits per heavy atom. The first kappa shape index (κ1) is 16.2. The first-order chi connectivity index (χ1) is 11.7. The van der Waals surface area contributed by atoms with Crippen molar-refractivity contribution in [3.05, 3.63) is 35.5 Å². The summed E-state index contributed by atoms with van der Waals surface area (Å²) < 4.78 is 0. The first-order valence-corrected chi connectivity index (χ1v) is 9.73.